The minimum Gasteiger partial charge on any atom is -0.377 e. The van der Waals surface area contributed by atoms with Gasteiger partial charge in [0.15, 0.2) is 5.65 Å². The van der Waals surface area contributed by atoms with Crippen molar-refractivity contribution >= 4 is 51.6 Å². The van der Waals surface area contributed by atoms with Crippen molar-refractivity contribution in [3.63, 3.8) is 0 Å². The number of likely N-dealkylation sites (N-methyl/N-ethyl adjacent to an activating group) is 1. The average molecular weight is 450 g/mol. The van der Waals surface area contributed by atoms with E-state index in [0.29, 0.717) is 47.7 Å². The molecule has 0 spiro atoms. The summed E-state index contributed by atoms with van der Waals surface area (Å²) in [6.45, 7) is 2.13. The van der Waals surface area contributed by atoms with Gasteiger partial charge in [0.05, 0.1) is 37.4 Å². The lowest BCUT2D eigenvalue weighted by atomic mass is 10.2. The summed E-state index contributed by atoms with van der Waals surface area (Å²) < 4.78 is 5.76. The first-order valence-electron chi connectivity index (χ1n) is 9.43. The van der Waals surface area contributed by atoms with Gasteiger partial charge in [0.25, 0.3) is 0 Å². The van der Waals surface area contributed by atoms with Crippen LogP contribution in [0.4, 0.5) is 11.5 Å². The average Bonchev–Trinajstić information content (AvgIpc) is 3.07. The molecule has 1 atom stereocenters. The molecule has 158 valence electrons. The fourth-order valence-corrected chi connectivity index (χ4v) is 3.93. The maximum Gasteiger partial charge on any atom is 0.242 e. The van der Waals surface area contributed by atoms with Crippen molar-refractivity contribution < 1.29 is 9.53 Å². The summed E-state index contributed by atoms with van der Waals surface area (Å²) in [6.07, 6.45) is 3.19. The summed E-state index contributed by atoms with van der Waals surface area (Å²) in [5.74, 6) is 0.703. The largest absolute Gasteiger partial charge is 0.377 e. The summed E-state index contributed by atoms with van der Waals surface area (Å²) >= 11 is 12.0. The molecule has 3 heterocycles. The van der Waals surface area contributed by atoms with Crippen molar-refractivity contribution in [2.24, 2.45) is 0 Å². The van der Waals surface area contributed by atoms with Crippen molar-refractivity contribution in [1.82, 2.24) is 25.1 Å². The zero-order valence-electron chi connectivity index (χ0n) is 16.3. The molecule has 0 saturated carbocycles. The number of fused-ring (bicyclic) bond motifs is 1. The van der Waals surface area contributed by atoms with Gasteiger partial charge in [0.1, 0.15) is 12.1 Å². The van der Waals surface area contributed by atoms with Gasteiger partial charge in [-0.1, -0.05) is 23.2 Å². The Kier molecular flexibility index (Phi) is 6.21. The van der Waals surface area contributed by atoms with E-state index in [4.69, 9.17) is 27.9 Å². The molecule has 1 aliphatic rings. The molecule has 11 heteroatoms. The molecule has 1 fully saturated rings. The molecule has 0 bridgehead atoms. The van der Waals surface area contributed by atoms with Gasteiger partial charge < -0.3 is 19.9 Å². The van der Waals surface area contributed by atoms with Crippen LogP contribution in [-0.2, 0) is 9.53 Å². The van der Waals surface area contributed by atoms with Crippen LogP contribution in [-0.4, -0.2) is 76.9 Å². The van der Waals surface area contributed by atoms with E-state index >= 15 is 0 Å². The zero-order chi connectivity index (χ0) is 21.1. The minimum atomic E-state index is -0.0648. The number of carbonyl (C=O) groups is 1. The Hall–Kier alpha value is -2.62. The quantitative estimate of drug-likeness (QED) is 0.616. The molecule has 2 N–H and O–H groups in total. The van der Waals surface area contributed by atoms with E-state index < -0.39 is 0 Å². The lowest BCUT2D eigenvalue weighted by molar-refractivity contribution is -0.129. The standard InChI is InChI=1S/C19H21Cl2N7O2/c1-27(19-16-7-25-26-18(16)23-11-24-19)15-9-28(2-3-30-10-15)17(29)8-22-14-5-12(20)4-13(21)6-14/h4-7,11,15,22H,2-3,8-10H2,1H3,(H,23,24,25,26). The zero-order valence-corrected chi connectivity index (χ0v) is 17.8. The van der Waals surface area contributed by atoms with Gasteiger partial charge in [-0.15, -0.1) is 0 Å². The predicted molar refractivity (Wildman–Crippen MR) is 116 cm³/mol. The highest BCUT2D eigenvalue weighted by Gasteiger charge is 2.27. The number of benzene rings is 1. The van der Waals surface area contributed by atoms with Gasteiger partial charge in [-0.3, -0.25) is 9.89 Å². The predicted octanol–water partition coefficient (Wildman–Crippen LogP) is 2.44. The second kappa shape index (κ2) is 9.03. The lowest BCUT2D eigenvalue weighted by Gasteiger charge is -2.31. The number of aromatic nitrogens is 4. The monoisotopic (exact) mass is 449 g/mol. The molecule has 1 amide bonds. The molecule has 1 aromatic carbocycles. The topological polar surface area (TPSA) is 99.3 Å². The van der Waals surface area contributed by atoms with Crippen molar-refractivity contribution in [3.05, 3.63) is 40.8 Å². The SMILES string of the molecule is CN(c1ncnc2[nH]ncc12)C1COCCN(C(=O)CNc2cc(Cl)cc(Cl)c2)C1. The van der Waals surface area contributed by atoms with Crippen LogP contribution in [0.15, 0.2) is 30.7 Å². The highest BCUT2D eigenvalue weighted by molar-refractivity contribution is 6.35. The molecule has 1 saturated heterocycles. The molecule has 9 nitrogen and oxygen atoms in total. The minimum absolute atomic E-state index is 0.0360. The number of anilines is 2. The van der Waals surface area contributed by atoms with E-state index in [1.165, 1.54) is 6.33 Å². The van der Waals surface area contributed by atoms with Crippen LogP contribution in [0.3, 0.4) is 0 Å². The molecule has 1 aliphatic heterocycles. The second-order valence-corrected chi connectivity index (χ2v) is 7.89. The van der Waals surface area contributed by atoms with Crippen LogP contribution in [0.5, 0.6) is 0 Å². The summed E-state index contributed by atoms with van der Waals surface area (Å²) in [5, 5.41) is 11.8. The van der Waals surface area contributed by atoms with Crippen molar-refractivity contribution in [2.45, 2.75) is 6.04 Å². The summed E-state index contributed by atoms with van der Waals surface area (Å²) in [5.41, 5.74) is 1.36. The summed E-state index contributed by atoms with van der Waals surface area (Å²) in [7, 11) is 1.93. The summed E-state index contributed by atoms with van der Waals surface area (Å²) in [6, 6.07) is 5.04. The molecule has 3 aromatic rings. The highest BCUT2D eigenvalue weighted by Crippen LogP contribution is 2.24. The number of hydrogen-bond donors (Lipinski definition) is 2. The number of aromatic amines is 1. The van der Waals surface area contributed by atoms with Crippen molar-refractivity contribution in [3.8, 4) is 0 Å². The first-order valence-corrected chi connectivity index (χ1v) is 10.2. The van der Waals surface area contributed by atoms with Gasteiger partial charge in [-0.25, -0.2) is 9.97 Å². The van der Waals surface area contributed by atoms with Crippen LogP contribution in [0.25, 0.3) is 11.0 Å². The van der Waals surface area contributed by atoms with E-state index in [-0.39, 0.29) is 18.5 Å². The highest BCUT2D eigenvalue weighted by atomic mass is 35.5. The van der Waals surface area contributed by atoms with Gasteiger partial charge >= 0.3 is 0 Å². The number of nitrogens with zero attached hydrogens (tertiary/aromatic N) is 5. The van der Waals surface area contributed by atoms with Gasteiger partial charge in [0.2, 0.25) is 5.91 Å². The van der Waals surface area contributed by atoms with Crippen LogP contribution in [0.1, 0.15) is 0 Å². The first-order chi connectivity index (χ1) is 14.5. The number of H-pyrrole nitrogens is 1. The number of amides is 1. The number of ether oxygens (including phenoxy) is 1. The second-order valence-electron chi connectivity index (χ2n) is 7.02. The third-order valence-electron chi connectivity index (χ3n) is 5.01. The van der Waals surface area contributed by atoms with Crippen LogP contribution in [0.2, 0.25) is 10.0 Å². The fraction of sp³-hybridized carbons (Fsp3) is 0.368. The number of rotatable bonds is 5. The van der Waals surface area contributed by atoms with E-state index in [0.717, 1.165) is 11.2 Å². The first kappa shape index (κ1) is 20.6. The van der Waals surface area contributed by atoms with Crippen molar-refractivity contribution in [1.29, 1.82) is 0 Å². The molecular formula is C19H21Cl2N7O2. The molecule has 0 aliphatic carbocycles. The third-order valence-corrected chi connectivity index (χ3v) is 5.45. The van der Waals surface area contributed by atoms with Crippen molar-refractivity contribution in [2.75, 3.05) is 50.1 Å². The molecule has 1 unspecified atom stereocenters. The van der Waals surface area contributed by atoms with Gasteiger partial charge in [-0.05, 0) is 18.2 Å². The van der Waals surface area contributed by atoms with Crippen LogP contribution < -0.4 is 10.2 Å². The Morgan fingerprint density at radius 3 is 2.93 bits per heavy atom. The Balaban J connectivity index is 1.44. The summed E-state index contributed by atoms with van der Waals surface area (Å²) in [4.78, 5) is 25.2. The molecule has 2 aromatic heterocycles. The normalized spacial score (nSPS) is 17.0. The number of carbonyl (C=O) groups excluding carboxylic acids is 1. The van der Waals surface area contributed by atoms with E-state index in [1.807, 2.05) is 11.9 Å². The molecule has 4 rings (SSSR count). The third kappa shape index (κ3) is 4.58. The number of halogens is 2. The Morgan fingerprint density at radius 1 is 1.33 bits per heavy atom. The molecule has 30 heavy (non-hydrogen) atoms. The van der Waals surface area contributed by atoms with Crippen LogP contribution >= 0.6 is 23.2 Å². The van der Waals surface area contributed by atoms with E-state index in [1.54, 1.807) is 29.3 Å². The fourth-order valence-electron chi connectivity index (χ4n) is 3.40. The smallest absolute Gasteiger partial charge is 0.242 e. The lowest BCUT2D eigenvalue weighted by Crippen LogP contribution is -2.47. The number of nitrogens with one attached hydrogen (secondary N) is 2. The van der Waals surface area contributed by atoms with E-state index in [9.17, 15) is 4.79 Å². The Bertz CT molecular complexity index is 1020. The van der Waals surface area contributed by atoms with Gasteiger partial charge in [-0.2, -0.15) is 5.10 Å². The molecular weight excluding hydrogens is 429 g/mol. The molecule has 0 radical (unpaired) electrons. The maximum absolute atomic E-state index is 12.9. The van der Waals surface area contributed by atoms with Crippen LogP contribution in [0, 0.1) is 0 Å². The van der Waals surface area contributed by atoms with E-state index in [2.05, 4.69) is 25.5 Å². The Labute approximate surface area is 183 Å². The Morgan fingerprint density at radius 2 is 2.13 bits per heavy atom. The van der Waals surface area contributed by atoms with Gasteiger partial charge in [0, 0.05) is 35.9 Å². The number of hydrogen-bond acceptors (Lipinski definition) is 7. The maximum atomic E-state index is 12.9.